The van der Waals surface area contributed by atoms with Crippen molar-refractivity contribution < 1.29 is 4.39 Å². The van der Waals surface area contributed by atoms with E-state index >= 15 is 0 Å². The summed E-state index contributed by atoms with van der Waals surface area (Å²) in [5.74, 6) is -0.288. The third kappa shape index (κ3) is 2.83. The smallest absolute Gasteiger partial charge is 0.123 e. The minimum Gasteiger partial charge on any atom is -0.207 e. The molecule has 0 spiro atoms. The van der Waals surface area contributed by atoms with E-state index in [-0.39, 0.29) is 5.82 Å². The van der Waals surface area contributed by atoms with E-state index in [1.807, 2.05) is 12.1 Å². The first-order valence-corrected chi connectivity index (χ1v) is 5.49. The number of hydrogen-bond donors (Lipinski definition) is 0. The van der Waals surface area contributed by atoms with Crippen molar-refractivity contribution in [2.24, 2.45) is 0 Å². The second-order valence-corrected chi connectivity index (χ2v) is 4.13. The number of benzene rings is 2. The highest BCUT2D eigenvalue weighted by molar-refractivity contribution is 6.31. The van der Waals surface area contributed by atoms with Gasteiger partial charge in [0.1, 0.15) is 5.82 Å². The Morgan fingerprint density at radius 2 is 1.94 bits per heavy atom. The van der Waals surface area contributed by atoms with Crippen molar-refractivity contribution in [3.8, 4) is 17.2 Å². The molecule has 0 aliphatic rings. The second-order valence-electron chi connectivity index (χ2n) is 3.69. The Labute approximate surface area is 104 Å². The molecule has 84 valence electrons. The Morgan fingerprint density at radius 3 is 2.65 bits per heavy atom. The van der Waals surface area contributed by atoms with Crippen molar-refractivity contribution in [3.05, 3.63) is 58.9 Å². The summed E-state index contributed by atoms with van der Waals surface area (Å²) in [6, 6.07) is 13.7. The van der Waals surface area contributed by atoms with Crippen LogP contribution in [0.5, 0.6) is 0 Å². The van der Waals surface area contributed by atoms with Crippen LogP contribution in [0.1, 0.15) is 5.56 Å². The molecule has 0 amide bonds. The minimum absolute atomic E-state index is 0.288. The lowest BCUT2D eigenvalue weighted by molar-refractivity contribution is 0.628. The summed E-state index contributed by atoms with van der Waals surface area (Å²) in [4.78, 5) is 0. The largest absolute Gasteiger partial charge is 0.207 e. The summed E-state index contributed by atoms with van der Waals surface area (Å²) in [6.45, 7) is 0. The standard InChI is InChI=1S/C14H9ClFN/c15-13-7-10(4-5-17)6-12(8-13)11-2-1-3-14(16)9-11/h1-3,6-9H,4H2. The quantitative estimate of drug-likeness (QED) is 0.777. The van der Waals surface area contributed by atoms with Crippen LogP contribution in [0.2, 0.25) is 5.02 Å². The molecule has 0 radical (unpaired) electrons. The van der Waals surface area contributed by atoms with E-state index in [1.54, 1.807) is 18.2 Å². The van der Waals surface area contributed by atoms with Gasteiger partial charge in [0.15, 0.2) is 0 Å². The molecule has 2 rings (SSSR count). The van der Waals surface area contributed by atoms with Gasteiger partial charge in [0.25, 0.3) is 0 Å². The molecule has 0 fully saturated rings. The van der Waals surface area contributed by atoms with Gasteiger partial charge in [-0.1, -0.05) is 29.8 Å². The third-order valence-corrected chi connectivity index (χ3v) is 2.62. The van der Waals surface area contributed by atoms with Gasteiger partial charge in [0.2, 0.25) is 0 Å². The molecule has 0 heterocycles. The minimum atomic E-state index is -0.288. The van der Waals surface area contributed by atoms with Gasteiger partial charge in [-0.25, -0.2) is 4.39 Å². The van der Waals surface area contributed by atoms with Gasteiger partial charge < -0.3 is 0 Å². The van der Waals surface area contributed by atoms with E-state index in [9.17, 15) is 4.39 Å². The van der Waals surface area contributed by atoms with Crippen molar-refractivity contribution in [2.45, 2.75) is 6.42 Å². The van der Waals surface area contributed by atoms with Crippen LogP contribution < -0.4 is 0 Å². The Kier molecular flexibility index (Phi) is 3.41. The summed E-state index contributed by atoms with van der Waals surface area (Å²) in [5, 5.41) is 9.22. The molecular formula is C14H9ClFN. The average Bonchev–Trinajstić information content (AvgIpc) is 2.28. The number of nitrogens with zero attached hydrogens (tertiary/aromatic N) is 1. The van der Waals surface area contributed by atoms with Crippen LogP contribution in [0.25, 0.3) is 11.1 Å². The molecule has 1 nitrogen and oxygen atoms in total. The lowest BCUT2D eigenvalue weighted by atomic mass is 10.0. The molecule has 0 aliphatic heterocycles. The SMILES string of the molecule is N#CCc1cc(Cl)cc(-c2cccc(F)c2)c1. The molecule has 0 unspecified atom stereocenters. The van der Waals surface area contributed by atoms with Gasteiger partial charge in [-0.05, 0) is 41.0 Å². The van der Waals surface area contributed by atoms with Crippen LogP contribution in [0.4, 0.5) is 4.39 Å². The van der Waals surface area contributed by atoms with Crippen LogP contribution in [-0.4, -0.2) is 0 Å². The van der Waals surface area contributed by atoms with Crippen LogP contribution in [0.3, 0.4) is 0 Å². The summed E-state index contributed by atoms with van der Waals surface area (Å²) >= 11 is 5.97. The first-order chi connectivity index (χ1) is 8.19. The third-order valence-electron chi connectivity index (χ3n) is 2.40. The molecule has 0 aliphatic carbocycles. The molecule has 0 N–H and O–H groups in total. The van der Waals surface area contributed by atoms with Crippen molar-refractivity contribution in [1.29, 1.82) is 5.26 Å². The predicted molar refractivity (Wildman–Crippen MR) is 66.2 cm³/mol. The van der Waals surface area contributed by atoms with Crippen LogP contribution >= 0.6 is 11.6 Å². The first kappa shape index (κ1) is 11.6. The summed E-state index contributed by atoms with van der Waals surface area (Å²) < 4.78 is 13.1. The van der Waals surface area contributed by atoms with Crippen LogP contribution in [0, 0.1) is 17.1 Å². The summed E-state index contributed by atoms with van der Waals surface area (Å²) in [5.41, 5.74) is 2.41. The van der Waals surface area contributed by atoms with Crippen molar-refractivity contribution in [2.75, 3.05) is 0 Å². The highest BCUT2D eigenvalue weighted by Gasteiger charge is 2.03. The highest BCUT2D eigenvalue weighted by atomic mass is 35.5. The topological polar surface area (TPSA) is 23.8 Å². The van der Waals surface area contributed by atoms with Crippen molar-refractivity contribution in [3.63, 3.8) is 0 Å². The maximum atomic E-state index is 13.1. The summed E-state index contributed by atoms with van der Waals surface area (Å²) in [6.07, 6.45) is 0.295. The number of hydrogen-bond acceptors (Lipinski definition) is 1. The van der Waals surface area contributed by atoms with Gasteiger partial charge in [0, 0.05) is 5.02 Å². The van der Waals surface area contributed by atoms with E-state index in [2.05, 4.69) is 6.07 Å². The van der Waals surface area contributed by atoms with Crippen molar-refractivity contribution in [1.82, 2.24) is 0 Å². The van der Waals surface area contributed by atoms with Crippen molar-refractivity contribution >= 4 is 11.6 Å². The fourth-order valence-corrected chi connectivity index (χ4v) is 1.94. The Morgan fingerprint density at radius 1 is 1.12 bits per heavy atom. The maximum Gasteiger partial charge on any atom is 0.123 e. The number of halogens is 2. The van der Waals surface area contributed by atoms with Gasteiger partial charge in [-0.2, -0.15) is 5.26 Å². The number of nitriles is 1. The van der Waals surface area contributed by atoms with E-state index in [4.69, 9.17) is 16.9 Å². The van der Waals surface area contributed by atoms with Gasteiger partial charge >= 0.3 is 0 Å². The molecule has 2 aromatic rings. The van der Waals surface area contributed by atoms with E-state index in [1.165, 1.54) is 12.1 Å². The Hall–Kier alpha value is -1.85. The molecular weight excluding hydrogens is 237 g/mol. The predicted octanol–water partition coefficient (Wildman–Crippen LogP) is 4.21. The monoisotopic (exact) mass is 245 g/mol. The number of rotatable bonds is 2. The summed E-state index contributed by atoms with van der Waals surface area (Å²) in [7, 11) is 0. The fourth-order valence-electron chi connectivity index (χ4n) is 1.68. The molecule has 0 aromatic heterocycles. The van der Waals surface area contributed by atoms with E-state index in [0.717, 1.165) is 16.7 Å². The van der Waals surface area contributed by atoms with Gasteiger partial charge in [-0.3, -0.25) is 0 Å². The lowest BCUT2D eigenvalue weighted by Gasteiger charge is -2.05. The zero-order valence-electron chi connectivity index (χ0n) is 8.95. The van der Waals surface area contributed by atoms with Crippen LogP contribution in [-0.2, 0) is 6.42 Å². The second kappa shape index (κ2) is 4.99. The lowest BCUT2D eigenvalue weighted by Crippen LogP contribution is -1.85. The highest BCUT2D eigenvalue weighted by Crippen LogP contribution is 2.25. The molecule has 0 bridgehead atoms. The molecule has 0 saturated heterocycles. The zero-order valence-corrected chi connectivity index (χ0v) is 9.71. The molecule has 0 atom stereocenters. The Bertz CT molecular complexity index is 587. The van der Waals surface area contributed by atoms with E-state index in [0.29, 0.717) is 11.4 Å². The normalized spacial score (nSPS) is 9.94. The average molecular weight is 246 g/mol. The van der Waals surface area contributed by atoms with Crippen LogP contribution in [0.15, 0.2) is 42.5 Å². The maximum absolute atomic E-state index is 13.1. The van der Waals surface area contributed by atoms with Gasteiger partial charge in [-0.15, -0.1) is 0 Å². The zero-order chi connectivity index (χ0) is 12.3. The Balaban J connectivity index is 2.49. The molecule has 0 saturated carbocycles. The molecule has 3 heteroatoms. The van der Waals surface area contributed by atoms with E-state index < -0.39 is 0 Å². The first-order valence-electron chi connectivity index (χ1n) is 5.11. The van der Waals surface area contributed by atoms with Gasteiger partial charge in [0.05, 0.1) is 12.5 Å². The molecule has 2 aromatic carbocycles. The fraction of sp³-hybridized carbons (Fsp3) is 0.0714. The molecule has 17 heavy (non-hydrogen) atoms.